The molecule has 2 aliphatic heterocycles. The van der Waals surface area contributed by atoms with Crippen LogP contribution in [0.5, 0.6) is 5.75 Å². The van der Waals surface area contributed by atoms with Gasteiger partial charge in [0.2, 0.25) is 0 Å². The molecule has 0 saturated carbocycles. The van der Waals surface area contributed by atoms with E-state index in [1.807, 2.05) is 6.07 Å². The number of benzene rings is 1. The number of hydrogen-bond donors (Lipinski definition) is 1. The highest BCUT2D eigenvalue weighted by atomic mass is 19.1. The highest BCUT2D eigenvalue weighted by Gasteiger charge is 2.34. The van der Waals surface area contributed by atoms with E-state index in [1.54, 1.807) is 6.07 Å². The average Bonchev–Trinajstić information content (AvgIpc) is 2.58. The molecule has 3 heteroatoms. The molecular weight excluding hydrogens is 205 g/mol. The number of ether oxygens (including phenoxy) is 1. The van der Waals surface area contributed by atoms with Crippen molar-refractivity contribution < 1.29 is 9.13 Å². The van der Waals surface area contributed by atoms with E-state index in [2.05, 4.69) is 5.32 Å². The Bertz CT molecular complexity index is 370. The summed E-state index contributed by atoms with van der Waals surface area (Å²) in [5.74, 6) is 0.431. The Labute approximate surface area is 94.8 Å². The summed E-state index contributed by atoms with van der Waals surface area (Å²) < 4.78 is 18.8. The molecule has 0 aliphatic carbocycles. The van der Waals surface area contributed by atoms with Crippen LogP contribution in [0.2, 0.25) is 0 Å². The minimum atomic E-state index is -0.227. The summed E-state index contributed by atoms with van der Waals surface area (Å²) in [6.07, 6.45) is 4.86. The minimum absolute atomic E-state index is 0.227. The normalized spacial score (nSPS) is 32.7. The first-order valence-electron chi connectivity index (χ1n) is 5.98. The number of rotatable bonds is 2. The molecule has 0 spiro atoms. The lowest BCUT2D eigenvalue weighted by atomic mass is 10.0. The van der Waals surface area contributed by atoms with Crippen LogP contribution in [-0.4, -0.2) is 18.2 Å². The third-order valence-electron chi connectivity index (χ3n) is 3.53. The van der Waals surface area contributed by atoms with Crippen LogP contribution >= 0.6 is 0 Å². The standard InChI is InChI=1S/C13H16FNO/c14-9-2-1-3-12(6-9)16-13-7-10-4-5-11(8-13)15-10/h1-3,6,10-11,13,15H,4-5,7-8H2. The van der Waals surface area contributed by atoms with E-state index in [9.17, 15) is 4.39 Å². The maximum atomic E-state index is 13.0. The van der Waals surface area contributed by atoms with Crippen LogP contribution in [-0.2, 0) is 0 Å². The molecule has 2 fully saturated rings. The Morgan fingerprint density at radius 2 is 1.94 bits per heavy atom. The Hall–Kier alpha value is -1.09. The first-order chi connectivity index (χ1) is 7.79. The molecule has 0 aromatic heterocycles. The van der Waals surface area contributed by atoms with Gasteiger partial charge in [0.1, 0.15) is 17.7 Å². The van der Waals surface area contributed by atoms with Gasteiger partial charge in [-0.15, -0.1) is 0 Å². The maximum absolute atomic E-state index is 13.0. The van der Waals surface area contributed by atoms with Gasteiger partial charge >= 0.3 is 0 Å². The van der Waals surface area contributed by atoms with Crippen molar-refractivity contribution in [3.8, 4) is 5.75 Å². The molecule has 1 N–H and O–H groups in total. The van der Waals surface area contributed by atoms with Gasteiger partial charge in [-0.1, -0.05) is 6.07 Å². The molecule has 2 saturated heterocycles. The van der Waals surface area contributed by atoms with Crippen molar-refractivity contribution in [2.24, 2.45) is 0 Å². The van der Waals surface area contributed by atoms with E-state index >= 15 is 0 Å². The second-order valence-electron chi connectivity index (χ2n) is 4.81. The molecule has 16 heavy (non-hydrogen) atoms. The van der Waals surface area contributed by atoms with Gasteiger partial charge in [0.25, 0.3) is 0 Å². The van der Waals surface area contributed by atoms with Gasteiger partial charge in [-0.25, -0.2) is 4.39 Å². The van der Waals surface area contributed by atoms with Crippen molar-refractivity contribution in [3.63, 3.8) is 0 Å². The van der Waals surface area contributed by atoms with Crippen molar-refractivity contribution >= 4 is 0 Å². The van der Waals surface area contributed by atoms with E-state index in [0.717, 1.165) is 12.8 Å². The van der Waals surface area contributed by atoms with Gasteiger partial charge in [-0.05, 0) is 37.8 Å². The lowest BCUT2D eigenvalue weighted by Gasteiger charge is -2.29. The van der Waals surface area contributed by atoms with Gasteiger partial charge in [0, 0.05) is 18.2 Å². The number of fused-ring (bicyclic) bond motifs is 2. The molecule has 2 unspecified atom stereocenters. The predicted molar refractivity (Wildman–Crippen MR) is 60.0 cm³/mol. The molecule has 2 aliphatic rings. The van der Waals surface area contributed by atoms with Crippen LogP contribution in [0, 0.1) is 5.82 Å². The fourth-order valence-electron chi connectivity index (χ4n) is 2.83. The van der Waals surface area contributed by atoms with Crippen molar-refractivity contribution in [2.45, 2.75) is 43.9 Å². The van der Waals surface area contributed by atoms with E-state index in [1.165, 1.54) is 25.0 Å². The molecule has 86 valence electrons. The SMILES string of the molecule is Fc1cccc(OC2CC3CCC(C2)N3)c1. The summed E-state index contributed by atoms with van der Waals surface area (Å²) in [6.45, 7) is 0. The summed E-state index contributed by atoms with van der Waals surface area (Å²) in [5.41, 5.74) is 0. The molecule has 3 rings (SSSR count). The molecule has 1 aromatic carbocycles. The molecule has 2 nitrogen and oxygen atoms in total. The van der Waals surface area contributed by atoms with Gasteiger partial charge in [0.05, 0.1) is 0 Å². The number of halogens is 1. The number of hydrogen-bond acceptors (Lipinski definition) is 2. The van der Waals surface area contributed by atoms with Crippen molar-refractivity contribution in [1.29, 1.82) is 0 Å². The number of nitrogens with one attached hydrogen (secondary N) is 1. The Kier molecular flexibility index (Phi) is 2.56. The van der Waals surface area contributed by atoms with E-state index in [4.69, 9.17) is 4.74 Å². The topological polar surface area (TPSA) is 21.3 Å². The monoisotopic (exact) mass is 221 g/mol. The van der Waals surface area contributed by atoms with Gasteiger partial charge in [-0.2, -0.15) is 0 Å². The molecule has 2 heterocycles. The summed E-state index contributed by atoms with van der Waals surface area (Å²) in [7, 11) is 0. The number of piperidine rings is 1. The molecule has 0 radical (unpaired) electrons. The second kappa shape index (κ2) is 4.06. The zero-order chi connectivity index (χ0) is 11.0. The highest BCUT2D eigenvalue weighted by molar-refractivity contribution is 5.22. The van der Waals surface area contributed by atoms with Crippen LogP contribution in [0.4, 0.5) is 4.39 Å². The van der Waals surface area contributed by atoms with Crippen LogP contribution in [0.1, 0.15) is 25.7 Å². The van der Waals surface area contributed by atoms with Crippen LogP contribution in [0.15, 0.2) is 24.3 Å². The first-order valence-corrected chi connectivity index (χ1v) is 5.98. The van der Waals surface area contributed by atoms with Crippen molar-refractivity contribution in [1.82, 2.24) is 5.32 Å². The van der Waals surface area contributed by atoms with E-state index < -0.39 is 0 Å². The Balaban J connectivity index is 1.67. The quantitative estimate of drug-likeness (QED) is 0.828. The van der Waals surface area contributed by atoms with Gasteiger partial charge < -0.3 is 10.1 Å². The van der Waals surface area contributed by atoms with Crippen LogP contribution in [0.25, 0.3) is 0 Å². The zero-order valence-corrected chi connectivity index (χ0v) is 9.16. The Morgan fingerprint density at radius 1 is 1.19 bits per heavy atom. The van der Waals surface area contributed by atoms with Crippen molar-refractivity contribution in [3.05, 3.63) is 30.1 Å². The molecular formula is C13H16FNO. The average molecular weight is 221 g/mol. The fourth-order valence-corrected chi connectivity index (χ4v) is 2.83. The highest BCUT2D eigenvalue weighted by Crippen LogP contribution is 2.29. The minimum Gasteiger partial charge on any atom is -0.490 e. The van der Waals surface area contributed by atoms with Gasteiger partial charge in [0.15, 0.2) is 0 Å². The summed E-state index contributed by atoms with van der Waals surface area (Å²) in [4.78, 5) is 0. The van der Waals surface area contributed by atoms with Gasteiger partial charge in [-0.3, -0.25) is 0 Å². The van der Waals surface area contributed by atoms with Crippen LogP contribution < -0.4 is 10.1 Å². The second-order valence-corrected chi connectivity index (χ2v) is 4.81. The fraction of sp³-hybridized carbons (Fsp3) is 0.538. The van der Waals surface area contributed by atoms with E-state index in [0.29, 0.717) is 17.8 Å². The summed E-state index contributed by atoms with van der Waals surface area (Å²) >= 11 is 0. The van der Waals surface area contributed by atoms with E-state index in [-0.39, 0.29) is 11.9 Å². The summed E-state index contributed by atoms with van der Waals surface area (Å²) in [5, 5.41) is 3.56. The third-order valence-corrected chi connectivity index (χ3v) is 3.53. The first kappa shape index (κ1) is 10.1. The Morgan fingerprint density at radius 3 is 2.62 bits per heavy atom. The lowest BCUT2D eigenvalue weighted by Crippen LogP contribution is -2.42. The van der Waals surface area contributed by atoms with Crippen LogP contribution in [0.3, 0.4) is 0 Å². The summed E-state index contributed by atoms with van der Waals surface area (Å²) in [6, 6.07) is 7.64. The van der Waals surface area contributed by atoms with Crippen molar-refractivity contribution in [2.75, 3.05) is 0 Å². The largest absolute Gasteiger partial charge is 0.490 e. The maximum Gasteiger partial charge on any atom is 0.126 e. The third kappa shape index (κ3) is 2.05. The molecule has 1 aromatic rings. The molecule has 2 bridgehead atoms. The zero-order valence-electron chi connectivity index (χ0n) is 9.16. The predicted octanol–water partition coefficient (Wildman–Crippen LogP) is 2.49. The molecule has 0 amide bonds. The lowest BCUT2D eigenvalue weighted by molar-refractivity contribution is 0.137. The molecule has 2 atom stereocenters. The smallest absolute Gasteiger partial charge is 0.126 e.